The number of hydrogen-bond acceptors (Lipinski definition) is 4. The fourth-order valence-corrected chi connectivity index (χ4v) is 2.16. The van der Waals surface area contributed by atoms with Gasteiger partial charge in [-0.3, -0.25) is 14.6 Å². The van der Waals surface area contributed by atoms with Crippen LogP contribution in [-0.2, 0) is 16.1 Å². The van der Waals surface area contributed by atoms with E-state index in [0.29, 0.717) is 17.1 Å². The number of fused-ring (bicyclic) bond motifs is 1. The Labute approximate surface area is 127 Å². The molecule has 1 aliphatic heterocycles. The van der Waals surface area contributed by atoms with Gasteiger partial charge in [-0.05, 0) is 31.2 Å². The van der Waals surface area contributed by atoms with Crippen molar-refractivity contribution in [2.24, 2.45) is 0 Å². The number of carbonyl (C=O) groups is 2. The summed E-state index contributed by atoms with van der Waals surface area (Å²) in [6, 6.07) is 12.4. The SMILES string of the molecule is C[C@]1(C(=O)NCc2ccccn2)Oc2ccccc2NC1=O. The van der Waals surface area contributed by atoms with Gasteiger partial charge in [0.15, 0.2) is 0 Å². The first-order valence-corrected chi connectivity index (χ1v) is 6.87. The van der Waals surface area contributed by atoms with E-state index in [1.807, 2.05) is 6.07 Å². The van der Waals surface area contributed by atoms with Crippen molar-refractivity contribution in [3.8, 4) is 5.75 Å². The van der Waals surface area contributed by atoms with Crippen molar-refractivity contribution in [2.45, 2.75) is 19.1 Å². The summed E-state index contributed by atoms with van der Waals surface area (Å²) in [7, 11) is 0. The van der Waals surface area contributed by atoms with Crippen LogP contribution in [0.2, 0.25) is 0 Å². The molecule has 0 radical (unpaired) electrons. The molecule has 2 amide bonds. The lowest BCUT2D eigenvalue weighted by atomic mass is 10.0. The molecule has 22 heavy (non-hydrogen) atoms. The minimum Gasteiger partial charge on any atom is -0.466 e. The number of anilines is 1. The van der Waals surface area contributed by atoms with Crippen LogP contribution in [0.5, 0.6) is 5.75 Å². The fraction of sp³-hybridized carbons (Fsp3) is 0.188. The van der Waals surface area contributed by atoms with Gasteiger partial charge < -0.3 is 15.4 Å². The zero-order chi connectivity index (χ0) is 15.6. The number of nitrogens with zero attached hydrogens (tertiary/aromatic N) is 1. The summed E-state index contributed by atoms with van der Waals surface area (Å²) in [4.78, 5) is 28.7. The Kier molecular flexibility index (Phi) is 3.50. The predicted octanol–water partition coefficient (Wildman–Crippen LogP) is 1.49. The number of amides is 2. The van der Waals surface area contributed by atoms with E-state index in [9.17, 15) is 9.59 Å². The van der Waals surface area contributed by atoms with Crippen LogP contribution in [0, 0.1) is 0 Å². The zero-order valence-electron chi connectivity index (χ0n) is 12.0. The molecule has 0 spiro atoms. The third-order valence-corrected chi connectivity index (χ3v) is 3.47. The largest absolute Gasteiger partial charge is 0.466 e. The first-order chi connectivity index (χ1) is 10.6. The molecule has 0 bridgehead atoms. The highest BCUT2D eigenvalue weighted by Gasteiger charge is 2.47. The number of carbonyl (C=O) groups excluding carboxylic acids is 2. The minimum atomic E-state index is -1.61. The molecule has 3 rings (SSSR count). The first kappa shape index (κ1) is 14.1. The predicted molar refractivity (Wildman–Crippen MR) is 80.2 cm³/mol. The maximum Gasteiger partial charge on any atom is 0.278 e. The Morgan fingerprint density at radius 2 is 2.05 bits per heavy atom. The summed E-state index contributed by atoms with van der Waals surface area (Å²) < 4.78 is 5.64. The van der Waals surface area contributed by atoms with Gasteiger partial charge in [-0.2, -0.15) is 0 Å². The fourth-order valence-electron chi connectivity index (χ4n) is 2.16. The minimum absolute atomic E-state index is 0.230. The molecular formula is C16H15N3O3. The Morgan fingerprint density at radius 3 is 2.82 bits per heavy atom. The molecule has 0 saturated carbocycles. The van der Waals surface area contributed by atoms with Crippen LogP contribution in [0.4, 0.5) is 5.69 Å². The molecule has 1 aliphatic rings. The second-order valence-electron chi connectivity index (χ2n) is 5.09. The molecule has 1 aromatic carbocycles. The van der Waals surface area contributed by atoms with Crippen molar-refractivity contribution in [1.29, 1.82) is 0 Å². The summed E-state index contributed by atoms with van der Waals surface area (Å²) in [6.45, 7) is 1.68. The normalized spacial score (nSPS) is 19.6. The van der Waals surface area contributed by atoms with E-state index >= 15 is 0 Å². The van der Waals surface area contributed by atoms with Crippen molar-refractivity contribution in [2.75, 3.05) is 5.32 Å². The van der Waals surface area contributed by atoms with Crippen LogP contribution in [0.1, 0.15) is 12.6 Å². The average molecular weight is 297 g/mol. The second-order valence-corrected chi connectivity index (χ2v) is 5.09. The van der Waals surface area contributed by atoms with Gasteiger partial charge in [0.25, 0.3) is 17.4 Å². The molecule has 0 aliphatic carbocycles. The van der Waals surface area contributed by atoms with Gasteiger partial charge in [-0.1, -0.05) is 18.2 Å². The van der Waals surface area contributed by atoms with E-state index < -0.39 is 17.4 Å². The van der Waals surface area contributed by atoms with Crippen LogP contribution in [0.25, 0.3) is 0 Å². The Hall–Kier alpha value is -2.89. The third-order valence-electron chi connectivity index (χ3n) is 3.47. The average Bonchev–Trinajstić information content (AvgIpc) is 2.54. The zero-order valence-corrected chi connectivity index (χ0v) is 12.0. The maximum atomic E-state index is 12.4. The van der Waals surface area contributed by atoms with Crippen LogP contribution in [0.15, 0.2) is 48.7 Å². The number of pyridine rings is 1. The van der Waals surface area contributed by atoms with E-state index in [0.717, 1.165) is 0 Å². The molecule has 1 atom stereocenters. The van der Waals surface area contributed by atoms with Gasteiger partial charge in [0.2, 0.25) is 0 Å². The molecule has 0 saturated heterocycles. The molecule has 112 valence electrons. The summed E-state index contributed by atoms with van der Waals surface area (Å²) >= 11 is 0. The number of rotatable bonds is 3. The highest BCUT2D eigenvalue weighted by Crippen LogP contribution is 2.33. The van der Waals surface area contributed by atoms with Crippen molar-refractivity contribution < 1.29 is 14.3 Å². The molecule has 0 unspecified atom stereocenters. The molecular weight excluding hydrogens is 282 g/mol. The molecule has 6 nitrogen and oxygen atoms in total. The molecule has 2 N–H and O–H groups in total. The summed E-state index contributed by atoms with van der Waals surface area (Å²) in [5, 5.41) is 5.37. The van der Waals surface area contributed by atoms with Crippen molar-refractivity contribution in [3.05, 3.63) is 54.4 Å². The van der Waals surface area contributed by atoms with Gasteiger partial charge in [0.1, 0.15) is 5.75 Å². The Balaban J connectivity index is 1.75. The summed E-state index contributed by atoms with van der Waals surface area (Å²) in [5.74, 6) is -0.535. The van der Waals surface area contributed by atoms with E-state index in [1.165, 1.54) is 6.92 Å². The molecule has 2 aromatic rings. The van der Waals surface area contributed by atoms with Gasteiger partial charge in [-0.15, -0.1) is 0 Å². The topological polar surface area (TPSA) is 80.3 Å². The standard InChI is InChI=1S/C16H15N3O3/c1-16(14(20)18-10-11-6-4-5-9-17-11)15(21)19-12-7-2-3-8-13(12)22-16/h2-9H,10H2,1H3,(H,18,20)(H,19,21)/t16-/m1/s1. The van der Waals surface area contributed by atoms with Gasteiger partial charge in [-0.25, -0.2) is 0 Å². The lowest BCUT2D eigenvalue weighted by Crippen LogP contribution is -2.58. The number of ether oxygens (including phenoxy) is 1. The van der Waals surface area contributed by atoms with Crippen LogP contribution < -0.4 is 15.4 Å². The first-order valence-electron chi connectivity index (χ1n) is 6.87. The van der Waals surface area contributed by atoms with E-state index in [-0.39, 0.29) is 6.54 Å². The van der Waals surface area contributed by atoms with Gasteiger partial charge in [0.05, 0.1) is 17.9 Å². The number of aromatic nitrogens is 1. The highest BCUT2D eigenvalue weighted by molar-refractivity contribution is 6.15. The molecule has 6 heteroatoms. The lowest BCUT2D eigenvalue weighted by molar-refractivity contribution is -0.146. The van der Waals surface area contributed by atoms with Crippen molar-refractivity contribution in [1.82, 2.24) is 10.3 Å². The smallest absolute Gasteiger partial charge is 0.278 e. The van der Waals surface area contributed by atoms with Gasteiger partial charge >= 0.3 is 0 Å². The molecule has 2 heterocycles. The monoisotopic (exact) mass is 297 g/mol. The number of para-hydroxylation sites is 2. The number of nitrogens with one attached hydrogen (secondary N) is 2. The van der Waals surface area contributed by atoms with E-state index in [4.69, 9.17) is 4.74 Å². The van der Waals surface area contributed by atoms with E-state index in [1.54, 1.807) is 42.6 Å². The van der Waals surface area contributed by atoms with Crippen LogP contribution in [0.3, 0.4) is 0 Å². The lowest BCUT2D eigenvalue weighted by Gasteiger charge is -2.33. The van der Waals surface area contributed by atoms with Crippen molar-refractivity contribution >= 4 is 17.5 Å². The second kappa shape index (κ2) is 5.48. The number of hydrogen-bond donors (Lipinski definition) is 2. The summed E-state index contributed by atoms with van der Waals surface area (Å²) in [5.41, 5.74) is -0.345. The molecule has 1 aromatic heterocycles. The van der Waals surface area contributed by atoms with Gasteiger partial charge in [0, 0.05) is 6.20 Å². The number of benzene rings is 1. The van der Waals surface area contributed by atoms with Crippen molar-refractivity contribution in [3.63, 3.8) is 0 Å². The highest BCUT2D eigenvalue weighted by atomic mass is 16.5. The quantitative estimate of drug-likeness (QED) is 0.841. The third kappa shape index (κ3) is 2.50. The maximum absolute atomic E-state index is 12.4. The Morgan fingerprint density at radius 1 is 1.27 bits per heavy atom. The summed E-state index contributed by atoms with van der Waals surface area (Å²) in [6.07, 6.45) is 1.64. The van der Waals surface area contributed by atoms with Crippen LogP contribution >= 0.6 is 0 Å². The molecule has 0 fully saturated rings. The van der Waals surface area contributed by atoms with E-state index in [2.05, 4.69) is 15.6 Å². The Bertz CT molecular complexity index is 718. The van der Waals surface area contributed by atoms with Crippen LogP contribution in [-0.4, -0.2) is 22.4 Å².